The number of carbonyl (C=O) groups excluding carboxylic acids is 2. The number of anilines is 2. The van der Waals surface area contributed by atoms with Crippen molar-refractivity contribution in [2.24, 2.45) is 0 Å². The Balaban J connectivity index is 1.67. The van der Waals surface area contributed by atoms with Crippen molar-refractivity contribution < 1.29 is 19.2 Å². The number of hydrogen-bond acceptors (Lipinski definition) is 5. The predicted molar refractivity (Wildman–Crippen MR) is 90.6 cm³/mol. The number of carbonyl (C=O) groups is 2. The first-order chi connectivity index (χ1) is 11.9. The van der Waals surface area contributed by atoms with Gasteiger partial charge in [-0.25, -0.2) is 0 Å². The Morgan fingerprint density at radius 2 is 2.08 bits per heavy atom. The number of rotatable bonds is 4. The minimum atomic E-state index is -0.937. The molecule has 0 radical (unpaired) electrons. The van der Waals surface area contributed by atoms with Crippen molar-refractivity contribution in [3.8, 4) is 5.75 Å². The van der Waals surface area contributed by atoms with E-state index in [4.69, 9.17) is 4.74 Å². The number of para-hydroxylation sites is 2. The lowest BCUT2D eigenvalue weighted by atomic mass is 10.1. The fourth-order valence-electron chi connectivity index (χ4n) is 2.50. The van der Waals surface area contributed by atoms with Gasteiger partial charge < -0.3 is 15.4 Å². The van der Waals surface area contributed by atoms with E-state index in [1.807, 2.05) is 0 Å². The molecule has 1 heterocycles. The Hall–Kier alpha value is -3.42. The van der Waals surface area contributed by atoms with Crippen molar-refractivity contribution in [1.29, 1.82) is 0 Å². The van der Waals surface area contributed by atoms with E-state index in [0.717, 1.165) is 0 Å². The van der Waals surface area contributed by atoms with Crippen LogP contribution in [0, 0.1) is 17.0 Å². The number of nitro groups is 1. The van der Waals surface area contributed by atoms with Crippen LogP contribution in [-0.2, 0) is 9.59 Å². The summed E-state index contributed by atoms with van der Waals surface area (Å²) in [7, 11) is 0. The summed E-state index contributed by atoms with van der Waals surface area (Å²) in [4.78, 5) is 34.5. The highest BCUT2D eigenvalue weighted by Gasteiger charge is 2.29. The summed E-state index contributed by atoms with van der Waals surface area (Å²) in [5, 5.41) is 16.1. The first-order valence-corrected chi connectivity index (χ1v) is 7.55. The predicted octanol–water partition coefficient (Wildman–Crippen LogP) is 2.63. The van der Waals surface area contributed by atoms with Crippen LogP contribution in [0.4, 0.5) is 17.1 Å². The fraction of sp³-hybridized carbons (Fsp3) is 0.176. The zero-order chi connectivity index (χ0) is 18.0. The number of ether oxygens (including phenoxy) is 1. The third kappa shape index (κ3) is 3.57. The highest BCUT2D eigenvalue weighted by molar-refractivity contribution is 6.02. The van der Waals surface area contributed by atoms with Gasteiger partial charge in [-0.3, -0.25) is 19.7 Å². The third-order valence-electron chi connectivity index (χ3n) is 3.77. The molecule has 128 valence electrons. The number of amides is 2. The molecule has 1 aliphatic heterocycles. The Labute approximate surface area is 142 Å². The van der Waals surface area contributed by atoms with Gasteiger partial charge in [-0.05, 0) is 30.7 Å². The van der Waals surface area contributed by atoms with Gasteiger partial charge in [0.15, 0.2) is 6.10 Å². The Morgan fingerprint density at radius 1 is 1.32 bits per heavy atom. The summed E-state index contributed by atoms with van der Waals surface area (Å²) in [6, 6.07) is 11.1. The monoisotopic (exact) mass is 341 g/mol. The lowest BCUT2D eigenvalue weighted by Crippen LogP contribution is -2.39. The Bertz CT molecular complexity index is 865. The quantitative estimate of drug-likeness (QED) is 0.656. The summed E-state index contributed by atoms with van der Waals surface area (Å²) in [6.45, 7) is 1.66. The molecule has 0 saturated carbocycles. The number of aryl methyl sites for hydroxylation is 1. The molecule has 2 aromatic carbocycles. The van der Waals surface area contributed by atoms with Gasteiger partial charge in [-0.15, -0.1) is 0 Å². The normalized spacial score (nSPS) is 15.6. The van der Waals surface area contributed by atoms with Crippen molar-refractivity contribution in [1.82, 2.24) is 0 Å². The second-order valence-electron chi connectivity index (χ2n) is 5.60. The number of nitrogens with one attached hydrogen (secondary N) is 2. The molecule has 0 spiro atoms. The molecule has 1 atom stereocenters. The Kier molecular flexibility index (Phi) is 4.34. The van der Waals surface area contributed by atoms with Crippen LogP contribution in [-0.4, -0.2) is 22.8 Å². The third-order valence-corrected chi connectivity index (χ3v) is 3.77. The smallest absolute Gasteiger partial charge is 0.269 e. The molecule has 2 amide bonds. The van der Waals surface area contributed by atoms with E-state index in [2.05, 4.69) is 10.6 Å². The van der Waals surface area contributed by atoms with Crippen molar-refractivity contribution >= 4 is 28.9 Å². The first kappa shape index (κ1) is 16.4. The number of non-ortho nitro benzene ring substituents is 1. The number of fused-ring (bicyclic) bond motifs is 1. The van der Waals surface area contributed by atoms with Gasteiger partial charge in [-0.2, -0.15) is 0 Å². The molecule has 2 aromatic rings. The first-order valence-electron chi connectivity index (χ1n) is 7.55. The van der Waals surface area contributed by atoms with Crippen molar-refractivity contribution in [3.63, 3.8) is 0 Å². The van der Waals surface area contributed by atoms with Crippen LogP contribution in [0.5, 0.6) is 5.75 Å². The van der Waals surface area contributed by atoms with Gasteiger partial charge in [0, 0.05) is 17.8 Å². The van der Waals surface area contributed by atoms with Gasteiger partial charge in [0.25, 0.3) is 11.6 Å². The van der Waals surface area contributed by atoms with E-state index in [0.29, 0.717) is 22.7 Å². The highest BCUT2D eigenvalue weighted by atomic mass is 16.6. The molecule has 25 heavy (non-hydrogen) atoms. The van der Waals surface area contributed by atoms with Crippen LogP contribution >= 0.6 is 0 Å². The lowest BCUT2D eigenvalue weighted by molar-refractivity contribution is -0.384. The molecule has 2 N–H and O–H groups in total. The second-order valence-corrected chi connectivity index (χ2v) is 5.60. The van der Waals surface area contributed by atoms with E-state index in [9.17, 15) is 19.7 Å². The molecule has 1 unspecified atom stereocenters. The fourth-order valence-corrected chi connectivity index (χ4v) is 2.50. The highest BCUT2D eigenvalue weighted by Crippen LogP contribution is 2.30. The molecule has 3 rings (SSSR count). The number of benzene rings is 2. The van der Waals surface area contributed by atoms with E-state index in [1.165, 1.54) is 18.2 Å². The van der Waals surface area contributed by atoms with Crippen molar-refractivity contribution in [2.75, 3.05) is 10.6 Å². The van der Waals surface area contributed by atoms with Gasteiger partial charge in [0.2, 0.25) is 5.91 Å². The minimum absolute atomic E-state index is 0.0536. The molecule has 0 fully saturated rings. The Morgan fingerprint density at radius 3 is 2.80 bits per heavy atom. The zero-order valence-corrected chi connectivity index (χ0v) is 13.3. The number of nitro benzene ring substituents is 1. The average molecular weight is 341 g/mol. The van der Waals surface area contributed by atoms with Crippen LogP contribution in [0.2, 0.25) is 0 Å². The number of hydrogen-bond donors (Lipinski definition) is 2. The summed E-state index contributed by atoms with van der Waals surface area (Å²) in [5.41, 5.74) is 1.52. The molecule has 0 saturated heterocycles. The number of nitrogens with zero attached hydrogens (tertiary/aromatic N) is 1. The maximum Gasteiger partial charge on any atom is 0.269 e. The SMILES string of the molecule is Cc1cc([N+](=O)[O-])ccc1NC(=O)CC1Oc2ccccc2NC1=O. The molecule has 0 aliphatic carbocycles. The van der Waals surface area contributed by atoms with Crippen LogP contribution in [0.15, 0.2) is 42.5 Å². The summed E-state index contributed by atoms with van der Waals surface area (Å²) < 4.78 is 5.57. The zero-order valence-electron chi connectivity index (χ0n) is 13.3. The average Bonchev–Trinajstić information content (AvgIpc) is 2.57. The maximum absolute atomic E-state index is 12.2. The molecule has 1 aliphatic rings. The van der Waals surface area contributed by atoms with E-state index in [-0.39, 0.29) is 12.1 Å². The molecule has 0 bridgehead atoms. The molecule has 8 heteroatoms. The standard InChI is InChI=1S/C17H15N3O5/c1-10-8-11(20(23)24)6-7-12(10)18-16(21)9-15-17(22)19-13-4-2-3-5-14(13)25-15/h2-8,15H,9H2,1H3,(H,18,21)(H,19,22). The molecular weight excluding hydrogens is 326 g/mol. The van der Waals surface area contributed by atoms with Gasteiger partial charge >= 0.3 is 0 Å². The van der Waals surface area contributed by atoms with Crippen LogP contribution in [0.25, 0.3) is 0 Å². The van der Waals surface area contributed by atoms with E-state index < -0.39 is 22.8 Å². The van der Waals surface area contributed by atoms with Crippen molar-refractivity contribution in [2.45, 2.75) is 19.4 Å². The van der Waals surface area contributed by atoms with Crippen LogP contribution < -0.4 is 15.4 Å². The molecular formula is C17H15N3O5. The maximum atomic E-state index is 12.2. The van der Waals surface area contributed by atoms with Gasteiger partial charge in [0.05, 0.1) is 17.0 Å². The lowest BCUT2D eigenvalue weighted by Gasteiger charge is -2.25. The topological polar surface area (TPSA) is 111 Å². The van der Waals surface area contributed by atoms with Gasteiger partial charge in [-0.1, -0.05) is 12.1 Å². The van der Waals surface area contributed by atoms with Gasteiger partial charge in [0.1, 0.15) is 5.75 Å². The van der Waals surface area contributed by atoms with Crippen LogP contribution in [0.3, 0.4) is 0 Å². The van der Waals surface area contributed by atoms with Crippen LogP contribution in [0.1, 0.15) is 12.0 Å². The van der Waals surface area contributed by atoms with E-state index in [1.54, 1.807) is 31.2 Å². The summed E-state index contributed by atoms with van der Waals surface area (Å²) >= 11 is 0. The summed E-state index contributed by atoms with van der Waals surface area (Å²) in [5.74, 6) is -0.308. The molecule has 8 nitrogen and oxygen atoms in total. The van der Waals surface area contributed by atoms with Crippen molar-refractivity contribution in [3.05, 3.63) is 58.1 Å². The summed E-state index contributed by atoms with van der Waals surface area (Å²) in [6.07, 6.45) is -1.11. The second kappa shape index (κ2) is 6.60. The minimum Gasteiger partial charge on any atom is -0.478 e. The largest absolute Gasteiger partial charge is 0.478 e. The van der Waals surface area contributed by atoms with E-state index >= 15 is 0 Å². The molecule has 0 aromatic heterocycles.